The van der Waals surface area contributed by atoms with Crippen LogP contribution in [0.2, 0.25) is 5.02 Å². The van der Waals surface area contributed by atoms with E-state index in [4.69, 9.17) is 22.4 Å². The number of halogens is 1. The summed E-state index contributed by atoms with van der Waals surface area (Å²) >= 11 is 5.77. The molecule has 14 heavy (non-hydrogen) atoms. The van der Waals surface area contributed by atoms with Crippen molar-refractivity contribution in [2.24, 2.45) is 5.73 Å². The molecule has 0 heterocycles. The van der Waals surface area contributed by atoms with Crippen molar-refractivity contribution in [3.05, 3.63) is 34.3 Å². The number of carbonyl (C=O) groups is 1. The minimum atomic E-state index is -0.880. The topological polar surface area (TPSA) is 63.3 Å². The Hall–Kier alpha value is -1.06. The fourth-order valence-corrected chi connectivity index (χ4v) is 1.53. The Morgan fingerprint density at radius 1 is 1.64 bits per heavy atom. The molecule has 3 N–H and O–H groups in total. The summed E-state index contributed by atoms with van der Waals surface area (Å²) in [5.74, 6) is -0.880. The summed E-state index contributed by atoms with van der Waals surface area (Å²) in [6.45, 7) is 1.81. The molecule has 0 saturated heterocycles. The van der Waals surface area contributed by atoms with Crippen LogP contribution in [0.15, 0.2) is 18.2 Å². The minimum Gasteiger partial charge on any atom is -0.481 e. The van der Waals surface area contributed by atoms with Gasteiger partial charge in [-0.05, 0) is 30.2 Å². The molecule has 0 radical (unpaired) electrons. The maximum absolute atomic E-state index is 10.6. The summed E-state index contributed by atoms with van der Waals surface area (Å²) in [7, 11) is 0. The van der Waals surface area contributed by atoms with Crippen LogP contribution in [0.5, 0.6) is 0 Å². The average molecular weight is 214 g/mol. The van der Waals surface area contributed by atoms with Crippen LogP contribution in [0.4, 0.5) is 0 Å². The second-order valence-corrected chi connectivity index (χ2v) is 3.64. The Morgan fingerprint density at radius 3 is 2.79 bits per heavy atom. The highest BCUT2D eigenvalue weighted by molar-refractivity contribution is 6.30. The van der Waals surface area contributed by atoms with Gasteiger partial charge >= 0.3 is 5.97 Å². The number of hydrogen-bond acceptors (Lipinski definition) is 2. The Labute approximate surface area is 87.5 Å². The van der Waals surface area contributed by atoms with Crippen molar-refractivity contribution >= 4 is 17.6 Å². The summed E-state index contributed by atoms with van der Waals surface area (Å²) in [4.78, 5) is 10.6. The van der Waals surface area contributed by atoms with Gasteiger partial charge in [-0.25, -0.2) is 0 Å². The molecule has 3 nitrogen and oxygen atoms in total. The molecule has 0 aliphatic carbocycles. The summed E-state index contributed by atoms with van der Waals surface area (Å²) in [6, 6.07) is 4.95. The van der Waals surface area contributed by atoms with Gasteiger partial charge in [0.2, 0.25) is 0 Å². The maximum atomic E-state index is 10.6. The van der Waals surface area contributed by atoms with Crippen molar-refractivity contribution in [3.63, 3.8) is 0 Å². The molecule has 1 rings (SSSR count). The predicted octanol–water partition coefficient (Wildman–Crippen LogP) is 1.99. The molecule has 76 valence electrons. The first-order chi connectivity index (χ1) is 6.50. The fourth-order valence-electron chi connectivity index (χ4n) is 1.33. The number of carboxylic acid groups (broad SMARTS) is 1. The molecule has 0 unspecified atom stereocenters. The molecule has 1 aromatic carbocycles. The average Bonchev–Trinajstić information content (AvgIpc) is 2.01. The van der Waals surface area contributed by atoms with Gasteiger partial charge in [0.25, 0.3) is 0 Å². The predicted molar refractivity (Wildman–Crippen MR) is 55.4 cm³/mol. The van der Waals surface area contributed by atoms with Crippen molar-refractivity contribution in [1.82, 2.24) is 0 Å². The molecule has 0 spiro atoms. The van der Waals surface area contributed by atoms with Gasteiger partial charge in [0.05, 0.1) is 6.42 Å². The molecule has 1 aromatic rings. The van der Waals surface area contributed by atoms with Gasteiger partial charge in [0, 0.05) is 11.1 Å². The highest BCUT2D eigenvalue weighted by Gasteiger charge is 2.10. The monoisotopic (exact) mass is 213 g/mol. The van der Waals surface area contributed by atoms with Crippen molar-refractivity contribution in [1.29, 1.82) is 0 Å². The van der Waals surface area contributed by atoms with Crippen LogP contribution < -0.4 is 5.73 Å². The smallest absolute Gasteiger partial charge is 0.307 e. The number of carboxylic acids is 1. The second kappa shape index (κ2) is 4.44. The van der Waals surface area contributed by atoms with E-state index in [0.29, 0.717) is 10.6 Å². The lowest BCUT2D eigenvalue weighted by atomic mass is 10.00. The summed E-state index contributed by atoms with van der Waals surface area (Å²) in [5.41, 5.74) is 7.22. The van der Waals surface area contributed by atoms with Gasteiger partial charge in [-0.15, -0.1) is 0 Å². The van der Waals surface area contributed by atoms with Gasteiger partial charge < -0.3 is 10.8 Å². The number of hydrogen-bond donors (Lipinski definition) is 2. The van der Waals surface area contributed by atoms with Gasteiger partial charge in [-0.3, -0.25) is 4.79 Å². The number of nitrogens with two attached hydrogens (primary N) is 1. The van der Waals surface area contributed by atoms with Gasteiger partial charge in [0.15, 0.2) is 0 Å². The van der Waals surface area contributed by atoms with E-state index in [1.54, 1.807) is 18.2 Å². The maximum Gasteiger partial charge on any atom is 0.307 e. The van der Waals surface area contributed by atoms with Crippen LogP contribution in [-0.2, 0) is 11.2 Å². The first-order valence-corrected chi connectivity index (χ1v) is 4.64. The Bertz CT molecular complexity index is 350. The number of benzene rings is 1. The van der Waals surface area contributed by atoms with E-state index in [-0.39, 0.29) is 12.5 Å². The third-order valence-corrected chi connectivity index (χ3v) is 2.17. The standard InChI is InChI=1S/C10H12ClNO2/c1-6(12)9-3-2-8(11)4-7(9)5-10(13)14/h2-4,6H,5,12H2,1H3,(H,13,14)/t6-/m1/s1. The minimum absolute atomic E-state index is 0.0442. The van der Waals surface area contributed by atoms with Gasteiger partial charge in [0.1, 0.15) is 0 Å². The number of aliphatic carboxylic acids is 1. The zero-order valence-corrected chi connectivity index (χ0v) is 8.58. The molecule has 0 saturated carbocycles. The third kappa shape index (κ3) is 2.72. The normalized spacial score (nSPS) is 12.5. The zero-order valence-electron chi connectivity index (χ0n) is 7.83. The largest absolute Gasteiger partial charge is 0.481 e. The molecule has 1 atom stereocenters. The highest BCUT2D eigenvalue weighted by atomic mass is 35.5. The molecular weight excluding hydrogens is 202 g/mol. The lowest BCUT2D eigenvalue weighted by molar-refractivity contribution is -0.136. The Kier molecular flexibility index (Phi) is 3.49. The Balaban J connectivity index is 3.09. The second-order valence-electron chi connectivity index (χ2n) is 3.20. The van der Waals surface area contributed by atoms with Crippen LogP contribution >= 0.6 is 11.6 Å². The van der Waals surface area contributed by atoms with E-state index in [1.807, 2.05) is 6.92 Å². The van der Waals surface area contributed by atoms with E-state index in [9.17, 15) is 4.79 Å². The summed E-state index contributed by atoms with van der Waals surface area (Å²) < 4.78 is 0. The molecule has 0 fully saturated rings. The molecule has 0 aromatic heterocycles. The molecule has 0 aliphatic rings. The van der Waals surface area contributed by atoms with Crippen LogP contribution in [-0.4, -0.2) is 11.1 Å². The summed E-state index contributed by atoms with van der Waals surface area (Å²) in [5, 5.41) is 9.21. The summed E-state index contributed by atoms with van der Waals surface area (Å²) in [6.07, 6.45) is -0.0442. The molecule has 0 bridgehead atoms. The molecule has 0 aliphatic heterocycles. The van der Waals surface area contributed by atoms with Gasteiger partial charge in [-0.2, -0.15) is 0 Å². The van der Waals surface area contributed by atoms with E-state index < -0.39 is 5.97 Å². The van der Waals surface area contributed by atoms with E-state index in [1.165, 1.54) is 0 Å². The van der Waals surface area contributed by atoms with Crippen LogP contribution in [0, 0.1) is 0 Å². The van der Waals surface area contributed by atoms with E-state index >= 15 is 0 Å². The lowest BCUT2D eigenvalue weighted by Gasteiger charge is -2.11. The van der Waals surface area contributed by atoms with E-state index in [0.717, 1.165) is 5.56 Å². The van der Waals surface area contributed by atoms with E-state index in [2.05, 4.69) is 0 Å². The quantitative estimate of drug-likeness (QED) is 0.807. The van der Waals surface area contributed by atoms with Crippen LogP contribution in [0.25, 0.3) is 0 Å². The van der Waals surface area contributed by atoms with Crippen molar-refractivity contribution < 1.29 is 9.90 Å². The highest BCUT2D eigenvalue weighted by Crippen LogP contribution is 2.21. The first-order valence-electron chi connectivity index (χ1n) is 4.26. The SMILES string of the molecule is C[C@@H](N)c1ccc(Cl)cc1CC(=O)O. The zero-order chi connectivity index (χ0) is 10.7. The fraction of sp³-hybridized carbons (Fsp3) is 0.300. The first kappa shape index (κ1) is 11.0. The lowest BCUT2D eigenvalue weighted by Crippen LogP contribution is -2.11. The van der Waals surface area contributed by atoms with Gasteiger partial charge in [-0.1, -0.05) is 17.7 Å². The Morgan fingerprint density at radius 2 is 2.29 bits per heavy atom. The number of rotatable bonds is 3. The molecule has 0 amide bonds. The van der Waals surface area contributed by atoms with Crippen molar-refractivity contribution in [2.75, 3.05) is 0 Å². The third-order valence-electron chi connectivity index (χ3n) is 1.94. The van der Waals surface area contributed by atoms with Crippen LogP contribution in [0.1, 0.15) is 24.1 Å². The molecular formula is C10H12ClNO2. The molecule has 4 heteroatoms. The van der Waals surface area contributed by atoms with Crippen molar-refractivity contribution in [3.8, 4) is 0 Å². The van der Waals surface area contributed by atoms with Crippen LogP contribution in [0.3, 0.4) is 0 Å². The van der Waals surface area contributed by atoms with Crippen molar-refractivity contribution in [2.45, 2.75) is 19.4 Å².